The first-order valence-electron chi connectivity index (χ1n) is 9.97. The van der Waals surface area contributed by atoms with Gasteiger partial charge in [0.1, 0.15) is 5.82 Å². The van der Waals surface area contributed by atoms with Gasteiger partial charge in [-0.05, 0) is 36.6 Å². The molecule has 0 saturated carbocycles. The van der Waals surface area contributed by atoms with Gasteiger partial charge in [0.05, 0.1) is 11.5 Å². The lowest BCUT2D eigenvalue weighted by molar-refractivity contribution is -0.124. The molecule has 0 spiro atoms. The fourth-order valence-electron chi connectivity index (χ4n) is 3.78. The predicted molar refractivity (Wildman–Crippen MR) is 117 cm³/mol. The van der Waals surface area contributed by atoms with Crippen LogP contribution in [0.5, 0.6) is 0 Å². The van der Waals surface area contributed by atoms with E-state index >= 15 is 0 Å². The number of hydrogen-bond acceptors (Lipinski definition) is 3. The largest absolute Gasteiger partial charge is 0.354 e. The highest BCUT2D eigenvalue weighted by molar-refractivity contribution is 7.10. The number of halogens is 1. The van der Waals surface area contributed by atoms with Crippen LogP contribution in [0.4, 0.5) is 4.39 Å². The maximum Gasteiger partial charge on any atom is 0.254 e. The van der Waals surface area contributed by atoms with E-state index in [1.54, 1.807) is 28.4 Å². The van der Waals surface area contributed by atoms with Crippen LogP contribution in [0.15, 0.2) is 60.0 Å². The molecule has 1 unspecified atom stereocenters. The van der Waals surface area contributed by atoms with Crippen LogP contribution in [-0.2, 0) is 11.2 Å². The van der Waals surface area contributed by atoms with E-state index in [4.69, 9.17) is 0 Å². The number of thiophene rings is 1. The molecular formula is C24H23FN2O2S. The Bertz CT molecular complexity index is 1060. The first-order valence-corrected chi connectivity index (χ1v) is 10.8. The number of benzene rings is 2. The molecule has 1 fully saturated rings. The molecule has 1 saturated heterocycles. The fourth-order valence-corrected chi connectivity index (χ4v) is 4.46. The molecule has 1 N–H and O–H groups in total. The second kappa shape index (κ2) is 8.79. The minimum Gasteiger partial charge on any atom is -0.354 e. The van der Waals surface area contributed by atoms with Gasteiger partial charge in [-0.2, -0.15) is 0 Å². The molecule has 0 radical (unpaired) electrons. The summed E-state index contributed by atoms with van der Waals surface area (Å²) in [5.41, 5.74) is 3.02. The SMILES string of the molecule is Cc1cc(C(=O)N2CCNC(=O)C(Cc3ccc(-c4ccccc4F)cc3)C2)cs1. The minimum atomic E-state index is -0.324. The van der Waals surface area contributed by atoms with E-state index < -0.39 is 0 Å². The molecule has 1 atom stereocenters. The number of aryl methyl sites for hydroxylation is 1. The van der Waals surface area contributed by atoms with Crippen LogP contribution in [0.2, 0.25) is 0 Å². The van der Waals surface area contributed by atoms with Crippen molar-refractivity contribution in [3.63, 3.8) is 0 Å². The predicted octanol–water partition coefficient (Wildman–Crippen LogP) is 4.29. The van der Waals surface area contributed by atoms with Gasteiger partial charge in [-0.15, -0.1) is 11.3 Å². The third-order valence-electron chi connectivity index (χ3n) is 5.38. The summed E-state index contributed by atoms with van der Waals surface area (Å²) in [5, 5.41) is 4.79. The molecule has 1 aliphatic rings. The molecule has 2 heterocycles. The molecule has 1 aliphatic heterocycles. The zero-order chi connectivity index (χ0) is 21.1. The monoisotopic (exact) mass is 422 g/mol. The molecule has 30 heavy (non-hydrogen) atoms. The Morgan fingerprint density at radius 1 is 1.20 bits per heavy atom. The summed E-state index contributed by atoms with van der Waals surface area (Å²) in [4.78, 5) is 28.3. The average molecular weight is 423 g/mol. The van der Waals surface area contributed by atoms with Crippen molar-refractivity contribution in [2.75, 3.05) is 19.6 Å². The molecule has 0 bridgehead atoms. The van der Waals surface area contributed by atoms with Crippen LogP contribution < -0.4 is 5.32 Å². The molecule has 3 aromatic rings. The Morgan fingerprint density at radius 3 is 2.67 bits per heavy atom. The molecule has 6 heteroatoms. The van der Waals surface area contributed by atoms with Crippen molar-refractivity contribution < 1.29 is 14.0 Å². The third-order valence-corrected chi connectivity index (χ3v) is 6.24. The van der Waals surface area contributed by atoms with Gasteiger partial charge in [-0.3, -0.25) is 9.59 Å². The molecule has 1 aromatic heterocycles. The Morgan fingerprint density at radius 2 is 1.97 bits per heavy atom. The second-order valence-electron chi connectivity index (χ2n) is 7.57. The first-order chi connectivity index (χ1) is 14.5. The molecule has 4 nitrogen and oxygen atoms in total. The molecule has 2 aromatic carbocycles. The Balaban J connectivity index is 1.49. The van der Waals surface area contributed by atoms with Gasteiger partial charge < -0.3 is 10.2 Å². The van der Waals surface area contributed by atoms with Crippen LogP contribution in [0, 0.1) is 18.7 Å². The summed E-state index contributed by atoms with van der Waals surface area (Å²) in [6.45, 7) is 3.32. The number of carbonyl (C=O) groups is 2. The van der Waals surface area contributed by atoms with Crippen molar-refractivity contribution in [1.82, 2.24) is 10.2 Å². The zero-order valence-corrected chi connectivity index (χ0v) is 17.5. The average Bonchev–Trinajstić information content (AvgIpc) is 3.10. The number of hydrogen-bond donors (Lipinski definition) is 1. The number of amides is 2. The Kier molecular flexibility index (Phi) is 5.95. The van der Waals surface area contributed by atoms with Crippen LogP contribution in [0.25, 0.3) is 11.1 Å². The summed E-state index contributed by atoms with van der Waals surface area (Å²) < 4.78 is 14.0. The lowest BCUT2D eigenvalue weighted by Crippen LogP contribution is -2.37. The van der Waals surface area contributed by atoms with Gasteiger partial charge in [0.25, 0.3) is 5.91 Å². The van der Waals surface area contributed by atoms with Gasteiger partial charge in [0.2, 0.25) is 5.91 Å². The maximum atomic E-state index is 14.0. The Labute approximate surface area is 179 Å². The summed E-state index contributed by atoms with van der Waals surface area (Å²) in [6.07, 6.45) is 0.524. The maximum absolute atomic E-state index is 14.0. The summed E-state index contributed by atoms with van der Waals surface area (Å²) in [7, 11) is 0. The van der Waals surface area contributed by atoms with E-state index in [-0.39, 0.29) is 23.5 Å². The highest BCUT2D eigenvalue weighted by atomic mass is 32.1. The fraction of sp³-hybridized carbons (Fsp3) is 0.250. The summed E-state index contributed by atoms with van der Waals surface area (Å²) >= 11 is 1.55. The van der Waals surface area contributed by atoms with E-state index in [9.17, 15) is 14.0 Å². The normalized spacial score (nSPS) is 16.8. The Hall–Kier alpha value is -2.99. The van der Waals surface area contributed by atoms with E-state index in [1.807, 2.05) is 48.7 Å². The van der Waals surface area contributed by atoms with Crippen LogP contribution in [0.3, 0.4) is 0 Å². The van der Waals surface area contributed by atoms with E-state index in [0.29, 0.717) is 37.2 Å². The first kappa shape index (κ1) is 20.3. The van der Waals surface area contributed by atoms with Gasteiger partial charge in [-0.1, -0.05) is 42.5 Å². The number of rotatable bonds is 4. The topological polar surface area (TPSA) is 49.4 Å². The third kappa shape index (κ3) is 4.44. The zero-order valence-electron chi connectivity index (χ0n) is 16.7. The lowest BCUT2D eigenvalue weighted by Gasteiger charge is -2.23. The van der Waals surface area contributed by atoms with Crippen LogP contribution >= 0.6 is 11.3 Å². The lowest BCUT2D eigenvalue weighted by atomic mass is 9.96. The van der Waals surface area contributed by atoms with Gasteiger partial charge in [0, 0.05) is 35.5 Å². The molecule has 0 aliphatic carbocycles. The summed E-state index contributed by atoms with van der Waals surface area (Å²) in [5.74, 6) is -0.651. The molecule has 2 amide bonds. The standard InChI is InChI=1S/C24H23FN2O2S/c1-16-12-20(15-30-16)24(29)27-11-10-26-23(28)19(14-27)13-17-6-8-18(9-7-17)21-4-2-3-5-22(21)25/h2-9,12,15,19H,10-11,13-14H2,1H3,(H,26,28). The smallest absolute Gasteiger partial charge is 0.254 e. The highest BCUT2D eigenvalue weighted by Gasteiger charge is 2.28. The second-order valence-corrected chi connectivity index (χ2v) is 8.68. The van der Waals surface area contributed by atoms with E-state index in [2.05, 4.69) is 5.32 Å². The molecule has 154 valence electrons. The number of nitrogens with one attached hydrogen (secondary N) is 1. The van der Waals surface area contributed by atoms with Gasteiger partial charge in [-0.25, -0.2) is 4.39 Å². The number of nitrogens with zero attached hydrogens (tertiary/aromatic N) is 1. The van der Waals surface area contributed by atoms with Crippen molar-refractivity contribution in [3.05, 3.63) is 81.8 Å². The van der Waals surface area contributed by atoms with Crippen LogP contribution in [0.1, 0.15) is 20.8 Å². The van der Waals surface area contributed by atoms with Crippen molar-refractivity contribution in [3.8, 4) is 11.1 Å². The van der Waals surface area contributed by atoms with Crippen molar-refractivity contribution in [2.45, 2.75) is 13.3 Å². The minimum absolute atomic E-state index is 0.0317. The molecular weight excluding hydrogens is 399 g/mol. The van der Waals surface area contributed by atoms with Gasteiger partial charge >= 0.3 is 0 Å². The van der Waals surface area contributed by atoms with Gasteiger partial charge in [0.15, 0.2) is 0 Å². The molecule has 4 rings (SSSR count). The van der Waals surface area contributed by atoms with Crippen molar-refractivity contribution in [2.24, 2.45) is 5.92 Å². The van der Waals surface area contributed by atoms with E-state index in [1.165, 1.54) is 6.07 Å². The van der Waals surface area contributed by atoms with E-state index in [0.717, 1.165) is 16.0 Å². The quantitative estimate of drug-likeness (QED) is 0.682. The van der Waals surface area contributed by atoms with Crippen molar-refractivity contribution >= 4 is 23.2 Å². The van der Waals surface area contributed by atoms with Crippen molar-refractivity contribution in [1.29, 1.82) is 0 Å². The highest BCUT2D eigenvalue weighted by Crippen LogP contribution is 2.24. The number of carbonyl (C=O) groups excluding carboxylic acids is 2. The van der Waals surface area contributed by atoms with Crippen LogP contribution in [-0.4, -0.2) is 36.3 Å². The summed E-state index contributed by atoms with van der Waals surface area (Å²) in [6, 6.07) is 16.2.